The summed E-state index contributed by atoms with van der Waals surface area (Å²) in [4.78, 5) is 22.2. The Bertz CT molecular complexity index is 394. The van der Waals surface area contributed by atoms with E-state index in [0.29, 0.717) is 6.42 Å². The second-order valence-electron chi connectivity index (χ2n) is 3.77. The van der Waals surface area contributed by atoms with Crippen molar-refractivity contribution in [3.8, 4) is 0 Å². The van der Waals surface area contributed by atoms with Gasteiger partial charge in [0.25, 0.3) is 0 Å². The van der Waals surface area contributed by atoms with Crippen LogP contribution in [0.4, 0.5) is 0 Å². The van der Waals surface area contributed by atoms with E-state index in [1.807, 2.05) is 30.3 Å². The van der Waals surface area contributed by atoms with Crippen LogP contribution in [0.1, 0.15) is 12.5 Å². The van der Waals surface area contributed by atoms with E-state index in [-0.39, 0.29) is 5.91 Å². The first-order valence-electron chi connectivity index (χ1n) is 5.26. The lowest BCUT2D eigenvalue weighted by molar-refractivity contribution is -0.141. The third kappa shape index (κ3) is 4.48. The van der Waals surface area contributed by atoms with Gasteiger partial charge in [-0.25, -0.2) is 0 Å². The SMILES string of the molecule is CC(NC(=O)[C@@H](S)Cc1ccccc1)C(=O)O. The van der Waals surface area contributed by atoms with Crippen LogP contribution in [0.2, 0.25) is 0 Å². The van der Waals surface area contributed by atoms with Crippen molar-refractivity contribution in [1.29, 1.82) is 0 Å². The Balaban J connectivity index is 2.50. The Morgan fingerprint density at radius 2 is 1.94 bits per heavy atom. The average Bonchev–Trinajstić information content (AvgIpc) is 2.29. The minimum Gasteiger partial charge on any atom is -0.480 e. The molecule has 5 heteroatoms. The molecule has 1 amide bonds. The Morgan fingerprint density at radius 3 is 2.47 bits per heavy atom. The Hall–Kier alpha value is -1.49. The lowest BCUT2D eigenvalue weighted by Gasteiger charge is -2.14. The van der Waals surface area contributed by atoms with Crippen molar-refractivity contribution in [1.82, 2.24) is 5.32 Å². The van der Waals surface area contributed by atoms with Crippen LogP contribution in [0.15, 0.2) is 30.3 Å². The minimum absolute atomic E-state index is 0.368. The highest BCUT2D eigenvalue weighted by molar-refractivity contribution is 7.81. The first-order chi connectivity index (χ1) is 8.00. The summed E-state index contributed by atoms with van der Waals surface area (Å²) in [6, 6.07) is 8.56. The van der Waals surface area contributed by atoms with E-state index in [2.05, 4.69) is 17.9 Å². The van der Waals surface area contributed by atoms with Crippen molar-refractivity contribution >= 4 is 24.5 Å². The number of benzene rings is 1. The van der Waals surface area contributed by atoms with Crippen molar-refractivity contribution in [3.63, 3.8) is 0 Å². The molecule has 0 saturated heterocycles. The number of hydrogen-bond donors (Lipinski definition) is 3. The van der Waals surface area contributed by atoms with Crippen LogP contribution < -0.4 is 5.32 Å². The molecule has 0 bridgehead atoms. The first kappa shape index (κ1) is 13.6. The summed E-state index contributed by atoms with van der Waals surface area (Å²) in [6.07, 6.45) is 0.474. The summed E-state index contributed by atoms with van der Waals surface area (Å²) in [6.45, 7) is 1.42. The van der Waals surface area contributed by atoms with E-state index in [0.717, 1.165) is 5.56 Å². The quantitative estimate of drug-likeness (QED) is 0.689. The van der Waals surface area contributed by atoms with E-state index in [1.165, 1.54) is 6.92 Å². The van der Waals surface area contributed by atoms with Crippen LogP contribution >= 0.6 is 12.6 Å². The van der Waals surface area contributed by atoms with Crippen molar-refractivity contribution in [2.75, 3.05) is 0 Å². The summed E-state index contributed by atoms with van der Waals surface area (Å²) in [5.74, 6) is -1.43. The molecule has 0 radical (unpaired) electrons. The highest BCUT2D eigenvalue weighted by Gasteiger charge is 2.19. The molecule has 0 heterocycles. The molecular weight excluding hydrogens is 238 g/mol. The first-order valence-corrected chi connectivity index (χ1v) is 5.77. The number of carboxylic acids is 1. The molecule has 4 nitrogen and oxygen atoms in total. The van der Waals surface area contributed by atoms with Gasteiger partial charge in [0.15, 0.2) is 0 Å². The van der Waals surface area contributed by atoms with E-state index < -0.39 is 17.3 Å². The molecule has 1 rings (SSSR count). The number of carbonyl (C=O) groups is 2. The molecule has 0 spiro atoms. The fourth-order valence-corrected chi connectivity index (χ4v) is 1.59. The molecule has 2 atom stereocenters. The second-order valence-corrected chi connectivity index (χ2v) is 4.40. The maximum atomic E-state index is 11.6. The zero-order valence-electron chi connectivity index (χ0n) is 9.46. The van der Waals surface area contributed by atoms with Gasteiger partial charge in [-0.3, -0.25) is 9.59 Å². The molecule has 1 aromatic carbocycles. The molecule has 0 aliphatic carbocycles. The third-order valence-corrected chi connectivity index (χ3v) is 2.72. The molecule has 17 heavy (non-hydrogen) atoms. The third-order valence-electron chi connectivity index (χ3n) is 2.30. The second kappa shape index (κ2) is 6.30. The van der Waals surface area contributed by atoms with Crippen LogP contribution in [0.3, 0.4) is 0 Å². The zero-order chi connectivity index (χ0) is 12.8. The van der Waals surface area contributed by atoms with Gasteiger partial charge in [0, 0.05) is 0 Å². The minimum atomic E-state index is -1.06. The maximum absolute atomic E-state index is 11.6. The number of thiol groups is 1. The summed E-state index contributed by atoms with van der Waals surface area (Å²) in [5.41, 5.74) is 0.991. The number of carboxylic acid groups (broad SMARTS) is 1. The molecule has 1 unspecified atom stereocenters. The number of rotatable bonds is 5. The van der Waals surface area contributed by atoms with Gasteiger partial charge in [0.2, 0.25) is 5.91 Å². The molecule has 1 aromatic rings. The van der Waals surface area contributed by atoms with E-state index in [9.17, 15) is 9.59 Å². The van der Waals surface area contributed by atoms with Crippen molar-refractivity contribution < 1.29 is 14.7 Å². The van der Waals surface area contributed by atoms with Crippen LogP contribution in [0.5, 0.6) is 0 Å². The zero-order valence-corrected chi connectivity index (χ0v) is 10.4. The highest BCUT2D eigenvalue weighted by Crippen LogP contribution is 2.08. The van der Waals surface area contributed by atoms with Crippen LogP contribution in [-0.2, 0) is 16.0 Å². The highest BCUT2D eigenvalue weighted by atomic mass is 32.1. The summed E-state index contributed by atoms with van der Waals surface area (Å²) >= 11 is 4.17. The fourth-order valence-electron chi connectivity index (χ4n) is 1.30. The topological polar surface area (TPSA) is 66.4 Å². The van der Waals surface area contributed by atoms with E-state index in [4.69, 9.17) is 5.11 Å². The predicted octanol–water partition coefficient (Wildman–Crippen LogP) is 1.12. The van der Waals surface area contributed by atoms with Gasteiger partial charge in [-0.15, -0.1) is 0 Å². The van der Waals surface area contributed by atoms with Gasteiger partial charge in [-0.1, -0.05) is 30.3 Å². The van der Waals surface area contributed by atoms with Gasteiger partial charge < -0.3 is 10.4 Å². The van der Waals surface area contributed by atoms with E-state index >= 15 is 0 Å². The molecule has 2 N–H and O–H groups in total. The van der Waals surface area contributed by atoms with Gasteiger partial charge in [-0.2, -0.15) is 12.6 Å². The lowest BCUT2D eigenvalue weighted by atomic mass is 10.1. The summed E-state index contributed by atoms with van der Waals surface area (Å²) < 4.78 is 0. The predicted molar refractivity (Wildman–Crippen MR) is 68.2 cm³/mol. The molecule has 0 fully saturated rings. The van der Waals surface area contributed by atoms with Crippen LogP contribution in [0.25, 0.3) is 0 Å². The normalized spacial score (nSPS) is 13.8. The summed E-state index contributed by atoms with van der Waals surface area (Å²) in [5, 5.41) is 10.5. The van der Waals surface area contributed by atoms with Gasteiger partial charge in [-0.05, 0) is 18.9 Å². The molecule has 92 valence electrons. The lowest BCUT2D eigenvalue weighted by Crippen LogP contribution is -2.42. The smallest absolute Gasteiger partial charge is 0.325 e. The number of aliphatic carboxylic acids is 1. The fraction of sp³-hybridized carbons (Fsp3) is 0.333. The average molecular weight is 253 g/mol. The van der Waals surface area contributed by atoms with Crippen LogP contribution in [-0.4, -0.2) is 28.3 Å². The van der Waals surface area contributed by atoms with Crippen molar-refractivity contribution in [2.45, 2.75) is 24.6 Å². The Morgan fingerprint density at radius 1 is 1.35 bits per heavy atom. The number of carbonyl (C=O) groups excluding carboxylic acids is 1. The maximum Gasteiger partial charge on any atom is 0.325 e. The largest absolute Gasteiger partial charge is 0.480 e. The van der Waals surface area contributed by atoms with Crippen molar-refractivity contribution in [3.05, 3.63) is 35.9 Å². The van der Waals surface area contributed by atoms with Gasteiger partial charge in [0.1, 0.15) is 6.04 Å². The molecule has 0 aliphatic heterocycles. The molecule has 0 saturated carbocycles. The molecular formula is C12H15NO3S. The Kier molecular flexibility index (Phi) is 5.03. The number of hydrogen-bond acceptors (Lipinski definition) is 3. The van der Waals surface area contributed by atoms with Crippen molar-refractivity contribution in [2.24, 2.45) is 0 Å². The molecule has 0 aliphatic rings. The number of amides is 1. The van der Waals surface area contributed by atoms with Gasteiger partial charge in [0.05, 0.1) is 5.25 Å². The standard InChI is InChI=1S/C12H15NO3S/c1-8(12(15)16)13-11(14)10(17)7-9-5-3-2-4-6-9/h2-6,8,10,17H,7H2,1H3,(H,13,14)(H,15,16)/t8?,10-/m0/s1. The number of nitrogens with one attached hydrogen (secondary N) is 1. The summed E-state index contributed by atoms with van der Waals surface area (Å²) in [7, 11) is 0. The van der Waals surface area contributed by atoms with Gasteiger partial charge >= 0.3 is 5.97 Å². The van der Waals surface area contributed by atoms with Crippen LogP contribution in [0, 0.1) is 0 Å². The monoisotopic (exact) mass is 253 g/mol. The molecule has 0 aromatic heterocycles. The Labute approximate surface area is 105 Å². The van der Waals surface area contributed by atoms with E-state index in [1.54, 1.807) is 0 Å².